The van der Waals surface area contributed by atoms with Crippen molar-refractivity contribution >= 4 is 11.6 Å². The van der Waals surface area contributed by atoms with Gasteiger partial charge in [-0.05, 0) is 31.4 Å². The number of rotatable bonds is 5. The van der Waals surface area contributed by atoms with Crippen LogP contribution < -0.4 is 5.32 Å². The fraction of sp³-hybridized carbons (Fsp3) is 0.583. The highest BCUT2D eigenvalue weighted by Gasteiger charge is 2.31. The second-order valence-electron chi connectivity index (χ2n) is 4.29. The smallest absolute Gasteiger partial charge is 0.146 e. The zero-order valence-electron chi connectivity index (χ0n) is 9.34. The molecular formula is C12H16ClFN2. The monoisotopic (exact) mass is 242 g/mol. The number of nitrogens with zero attached hydrogens (tertiary/aromatic N) is 1. The van der Waals surface area contributed by atoms with E-state index in [2.05, 4.69) is 17.2 Å². The Morgan fingerprint density at radius 2 is 2.38 bits per heavy atom. The molecule has 1 atom stereocenters. The molecule has 1 heterocycles. The molecule has 0 aliphatic heterocycles. The lowest BCUT2D eigenvalue weighted by Crippen LogP contribution is -2.33. The van der Waals surface area contributed by atoms with Gasteiger partial charge in [0.1, 0.15) is 5.82 Å². The van der Waals surface area contributed by atoms with E-state index in [9.17, 15) is 4.39 Å². The lowest BCUT2D eigenvalue weighted by atomic mass is 10.1. The number of nitrogens with one attached hydrogen (secondary N) is 1. The van der Waals surface area contributed by atoms with E-state index < -0.39 is 0 Å². The van der Waals surface area contributed by atoms with Crippen LogP contribution in [0.15, 0.2) is 12.3 Å². The van der Waals surface area contributed by atoms with Crippen LogP contribution in [0.1, 0.15) is 25.5 Å². The normalized spacial score (nSPS) is 17.4. The maximum atomic E-state index is 13.6. The van der Waals surface area contributed by atoms with Crippen molar-refractivity contribution < 1.29 is 4.39 Å². The van der Waals surface area contributed by atoms with E-state index in [1.807, 2.05) is 0 Å². The van der Waals surface area contributed by atoms with Gasteiger partial charge in [0.25, 0.3) is 0 Å². The van der Waals surface area contributed by atoms with Gasteiger partial charge in [-0.15, -0.1) is 0 Å². The standard InChI is InChI=1S/C12H16ClFN2/c1-2-15-11(8-3-4-8)6-12-10(14)5-9(13)7-16-12/h5,7-8,11,15H,2-4,6H2,1H3. The van der Waals surface area contributed by atoms with E-state index >= 15 is 0 Å². The van der Waals surface area contributed by atoms with Crippen molar-refractivity contribution in [3.63, 3.8) is 0 Å². The van der Waals surface area contributed by atoms with E-state index in [4.69, 9.17) is 11.6 Å². The molecule has 1 N–H and O–H groups in total. The van der Waals surface area contributed by atoms with Crippen molar-refractivity contribution in [2.45, 2.75) is 32.2 Å². The van der Waals surface area contributed by atoms with Gasteiger partial charge in [0, 0.05) is 18.7 Å². The molecule has 16 heavy (non-hydrogen) atoms. The molecule has 88 valence electrons. The minimum Gasteiger partial charge on any atom is -0.314 e. The Labute approximate surface area is 100 Å². The third kappa shape index (κ3) is 2.92. The van der Waals surface area contributed by atoms with E-state index in [1.165, 1.54) is 25.1 Å². The molecule has 1 aliphatic rings. The molecule has 0 aromatic carbocycles. The number of aromatic nitrogens is 1. The first-order valence-electron chi connectivity index (χ1n) is 5.74. The lowest BCUT2D eigenvalue weighted by molar-refractivity contribution is 0.457. The highest BCUT2D eigenvalue weighted by Crippen LogP contribution is 2.34. The molecule has 1 saturated carbocycles. The summed E-state index contributed by atoms with van der Waals surface area (Å²) in [7, 11) is 0. The molecule has 0 amide bonds. The Morgan fingerprint density at radius 3 is 2.94 bits per heavy atom. The SMILES string of the molecule is CCNC(Cc1ncc(Cl)cc1F)C1CC1. The van der Waals surface area contributed by atoms with Crippen LogP contribution in [0, 0.1) is 11.7 Å². The quantitative estimate of drug-likeness (QED) is 0.859. The number of likely N-dealkylation sites (N-methyl/N-ethyl adjacent to an activating group) is 1. The summed E-state index contributed by atoms with van der Waals surface area (Å²) in [6.07, 6.45) is 4.65. The third-order valence-corrected chi connectivity index (χ3v) is 3.16. The Balaban J connectivity index is 2.05. The molecule has 0 saturated heterocycles. The molecule has 1 aromatic rings. The molecule has 1 aliphatic carbocycles. The van der Waals surface area contributed by atoms with Crippen LogP contribution in [0.25, 0.3) is 0 Å². The fourth-order valence-electron chi connectivity index (χ4n) is 1.97. The van der Waals surface area contributed by atoms with Gasteiger partial charge in [0.2, 0.25) is 0 Å². The van der Waals surface area contributed by atoms with Crippen LogP contribution in [0.3, 0.4) is 0 Å². The van der Waals surface area contributed by atoms with Crippen molar-refractivity contribution in [2.24, 2.45) is 5.92 Å². The number of halogens is 2. The summed E-state index contributed by atoms with van der Waals surface area (Å²) >= 11 is 5.67. The van der Waals surface area contributed by atoms with Crippen molar-refractivity contribution in [1.29, 1.82) is 0 Å². The van der Waals surface area contributed by atoms with Gasteiger partial charge in [-0.25, -0.2) is 4.39 Å². The van der Waals surface area contributed by atoms with Crippen LogP contribution in [0.4, 0.5) is 4.39 Å². The molecule has 1 aromatic heterocycles. The first-order chi connectivity index (χ1) is 7.70. The second kappa shape index (κ2) is 5.11. The first kappa shape index (κ1) is 11.8. The number of pyridine rings is 1. The van der Waals surface area contributed by atoms with Gasteiger partial charge in [0.05, 0.1) is 10.7 Å². The van der Waals surface area contributed by atoms with Crippen molar-refractivity contribution in [3.8, 4) is 0 Å². The summed E-state index contributed by atoms with van der Waals surface area (Å²) in [5.74, 6) is 0.396. The molecule has 0 spiro atoms. The van der Waals surface area contributed by atoms with Crippen molar-refractivity contribution in [3.05, 3.63) is 28.8 Å². The topological polar surface area (TPSA) is 24.9 Å². The maximum Gasteiger partial charge on any atom is 0.146 e. The third-order valence-electron chi connectivity index (χ3n) is 2.95. The average Bonchev–Trinajstić information content (AvgIpc) is 3.04. The minimum atomic E-state index is -0.295. The molecule has 0 radical (unpaired) electrons. The summed E-state index contributed by atoms with van der Waals surface area (Å²) in [6.45, 7) is 2.98. The Kier molecular flexibility index (Phi) is 3.77. The summed E-state index contributed by atoms with van der Waals surface area (Å²) in [5.41, 5.74) is 0.516. The van der Waals surface area contributed by atoms with E-state index in [1.54, 1.807) is 0 Å². The van der Waals surface area contributed by atoms with Gasteiger partial charge >= 0.3 is 0 Å². The van der Waals surface area contributed by atoms with E-state index in [0.29, 0.717) is 29.1 Å². The average molecular weight is 243 g/mol. The zero-order chi connectivity index (χ0) is 11.5. The Bertz CT molecular complexity index is 366. The predicted molar refractivity (Wildman–Crippen MR) is 63.1 cm³/mol. The Morgan fingerprint density at radius 1 is 1.62 bits per heavy atom. The molecular weight excluding hydrogens is 227 g/mol. The predicted octanol–water partition coefficient (Wildman–Crippen LogP) is 2.80. The maximum absolute atomic E-state index is 13.6. The summed E-state index contributed by atoms with van der Waals surface area (Å²) in [5, 5.41) is 3.75. The highest BCUT2D eigenvalue weighted by molar-refractivity contribution is 6.30. The van der Waals surface area contributed by atoms with E-state index in [0.717, 1.165) is 6.54 Å². The van der Waals surface area contributed by atoms with Crippen LogP contribution in [-0.4, -0.2) is 17.6 Å². The van der Waals surface area contributed by atoms with Crippen molar-refractivity contribution in [2.75, 3.05) is 6.54 Å². The van der Waals surface area contributed by atoms with E-state index in [-0.39, 0.29) is 5.82 Å². The first-order valence-corrected chi connectivity index (χ1v) is 6.11. The molecule has 1 unspecified atom stereocenters. The molecule has 1 fully saturated rings. The van der Waals surface area contributed by atoms with Crippen LogP contribution in [0.5, 0.6) is 0 Å². The number of hydrogen-bond donors (Lipinski definition) is 1. The van der Waals surface area contributed by atoms with Gasteiger partial charge in [-0.2, -0.15) is 0 Å². The van der Waals surface area contributed by atoms with Gasteiger partial charge < -0.3 is 5.32 Å². The summed E-state index contributed by atoms with van der Waals surface area (Å²) < 4.78 is 13.6. The highest BCUT2D eigenvalue weighted by atomic mass is 35.5. The molecule has 2 rings (SSSR count). The minimum absolute atomic E-state index is 0.295. The van der Waals surface area contributed by atoms with Crippen LogP contribution in [0.2, 0.25) is 5.02 Å². The molecule has 2 nitrogen and oxygen atoms in total. The lowest BCUT2D eigenvalue weighted by Gasteiger charge is -2.16. The largest absolute Gasteiger partial charge is 0.314 e. The van der Waals surface area contributed by atoms with Crippen LogP contribution >= 0.6 is 11.6 Å². The second-order valence-corrected chi connectivity index (χ2v) is 4.72. The molecule has 4 heteroatoms. The Hall–Kier alpha value is -0.670. The van der Waals surface area contributed by atoms with Gasteiger partial charge in [-0.1, -0.05) is 18.5 Å². The van der Waals surface area contributed by atoms with Gasteiger partial charge in [-0.3, -0.25) is 4.98 Å². The summed E-state index contributed by atoms with van der Waals surface area (Å²) in [6, 6.07) is 1.69. The molecule has 0 bridgehead atoms. The number of hydrogen-bond acceptors (Lipinski definition) is 2. The zero-order valence-corrected chi connectivity index (χ0v) is 10.1. The summed E-state index contributed by atoms with van der Waals surface area (Å²) in [4.78, 5) is 4.06. The van der Waals surface area contributed by atoms with Gasteiger partial charge in [0.15, 0.2) is 0 Å². The van der Waals surface area contributed by atoms with Crippen LogP contribution in [-0.2, 0) is 6.42 Å². The van der Waals surface area contributed by atoms with Crippen molar-refractivity contribution in [1.82, 2.24) is 10.3 Å². The fourth-order valence-corrected chi connectivity index (χ4v) is 2.11.